The van der Waals surface area contributed by atoms with Gasteiger partial charge in [0.2, 0.25) is 5.78 Å². The Bertz CT molecular complexity index is 873. The molecule has 0 spiro atoms. The van der Waals surface area contributed by atoms with Crippen LogP contribution in [0.1, 0.15) is 49.4 Å². The average Bonchev–Trinajstić information content (AvgIpc) is 2.89. The third-order valence-electron chi connectivity index (χ3n) is 3.62. The van der Waals surface area contributed by atoms with Gasteiger partial charge in [-0.25, -0.2) is 9.59 Å². The highest BCUT2D eigenvalue weighted by Gasteiger charge is 2.26. The molecule has 0 radical (unpaired) electrons. The summed E-state index contributed by atoms with van der Waals surface area (Å²) >= 11 is 11.7. The normalized spacial score (nSPS) is 10.5. The molecule has 1 aromatic heterocycles. The summed E-state index contributed by atoms with van der Waals surface area (Å²) in [4.78, 5) is 39.6. The summed E-state index contributed by atoms with van der Waals surface area (Å²) < 4.78 is 10.0. The van der Waals surface area contributed by atoms with E-state index in [1.807, 2.05) is 0 Å². The summed E-state index contributed by atoms with van der Waals surface area (Å²) in [6, 6.07) is 4.25. The van der Waals surface area contributed by atoms with Gasteiger partial charge in [0.05, 0.1) is 33.3 Å². The van der Waals surface area contributed by atoms with Crippen LogP contribution in [0.15, 0.2) is 18.2 Å². The minimum Gasteiger partial charge on any atom is -0.462 e. The second-order valence-corrected chi connectivity index (χ2v) is 6.29. The van der Waals surface area contributed by atoms with Gasteiger partial charge in [0.25, 0.3) is 0 Å². The van der Waals surface area contributed by atoms with Gasteiger partial charge in [0, 0.05) is 11.4 Å². The number of hydrogen-bond acceptors (Lipinski definition) is 5. The fourth-order valence-corrected chi connectivity index (χ4v) is 2.80. The molecule has 0 aliphatic heterocycles. The van der Waals surface area contributed by atoms with Crippen LogP contribution in [0, 0.1) is 13.8 Å². The number of rotatable bonds is 6. The Labute approximate surface area is 160 Å². The number of carbonyl (C=O) groups is 3. The number of esters is 2. The maximum Gasteiger partial charge on any atom is 0.340 e. The van der Waals surface area contributed by atoms with Gasteiger partial charge in [-0.1, -0.05) is 23.2 Å². The van der Waals surface area contributed by atoms with E-state index < -0.39 is 24.3 Å². The van der Waals surface area contributed by atoms with E-state index in [9.17, 15) is 14.4 Å². The Morgan fingerprint density at radius 3 is 2.23 bits per heavy atom. The Kier molecular flexibility index (Phi) is 6.45. The summed E-state index contributed by atoms with van der Waals surface area (Å²) in [7, 11) is 0. The number of hydrogen-bond donors (Lipinski definition) is 1. The molecule has 0 aliphatic carbocycles. The summed E-state index contributed by atoms with van der Waals surface area (Å²) in [5, 5.41) is 0.505. The molecule has 0 fully saturated rings. The van der Waals surface area contributed by atoms with Crippen LogP contribution >= 0.6 is 23.2 Å². The van der Waals surface area contributed by atoms with Gasteiger partial charge in [-0.05, 0) is 39.0 Å². The van der Waals surface area contributed by atoms with Gasteiger partial charge in [-0.2, -0.15) is 0 Å². The van der Waals surface area contributed by atoms with Crippen LogP contribution < -0.4 is 0 Å². The van der Waals surface area contributed by atoms with E-state index in [-0.39, 0.29) is 28.3 Å². The van der Waals surface area contributed by atoms with Crippen molar-refractivity contribution in [2.45, 2.75) is 20.8 Å². The number of ether oxygens (including phenoxy) is 2. The summed E-state index contributed by atoms with van der Waals surface area (Å²) in [6.07, 6.45) is 0. The van der Waals surface area contributed by atoms with Gasteiger partial charge in [-0.3, -0.25) is 4.79 Å². The zero-order valence-corrected chi connectivity index (χ0v) is 16.0. The molecule has 1 aromatic carbocycles. The van der Waals surface area contributed by atoms with Crippen molar-refractivity contribution in [2.24, 2.45) is 0 Å². The molecule has 1 N–H and O–H groups in total. The second kappa shape index (κ2) is 8.38. The first-order chi connectivity index (χ1) is 12.3. The molecule has 0 saturated heterocycles. The molecule has 0 aliphatic rings. The molecule has 0 unspecified atom stereocenters. The number of benzene rings is 1. The van der Waals surface area contributed by atoms with Crippen molar-refractivity contribution in [1.82, 2.24) is 4.98 Å². The van der Waals surface area contributed by atoms with E-state index in [1.165, 1.54) is 18.2 Å². The summed E-state index contributed by atoms with van der Waals surface area (Å²) in [5.74, 6) is -1.84. The van der Waals surface area contributed by atoms with Gasteiger partial charge in [0.1, 0.15) is 0 Å². The van der Waals surface area contributed by atoms with Crippen LogP contribution in [0.25, 0.3) is 0 Å². The fourth-order valence-electron chi connectivity index (χ4n) is 2.50. The third-order valence-corrected chi connectivity index (χ3v) is 4.36. The van der Waals surface area contributed by atoms with E-state index in [2.05, 4.69) is 4.98 Å². The molecular weight excluding hydrogens is 381 g/mol. The van der Waals surface area contributed by atoms with Crippen LogP contribution in [0.5, 0.6) is 0 Å². The number of carbonyl (C=O) groups excluding carboxylic acids is 3. The molecule has 6 nitrogen and oxygen atoms in total. The van der Waals surface area contributed by atoms with Gasteiger partial charge in [-0.15, -0.1) is 0 Å². The molecule has 2 rings (SSSR count). The van der Waals surface area contributed by atoms with E-state index in [1.54, 1.807) is 20.8 Å². The number of ketones is 1. The van der Waals surface area contributed by atoms with Crippen molar-refractivity contribution in [1.29, 1.82) is 0 Å². The van der Waals surface area contributed by atoms with Crippen molar-refractivity contribution in [2.75, 3.05) is 13.2 Å². The maximum absolute atomic E-state index is 12.5. The quantitative estimate of drug-likeness (QED) is 0.584. The topological polar surface area (TPSA) is 85.5 Å². The molecule has 0 atom stereocenters. The summed E-state index contributed by atoms with van der Waals surface area (Å²) in [6.45, 7) is 4.65. The molecule has 0 bridgehead atoms. The highest BCUT2D eigenvalue weighted by atomic mass is 35.5. The Morgan fingerprint density at radius 2 is 1.62 bits per heavy atom. The van der Waals surface area contributed by atoms with Gasteiger partial charge < -0.3 is 14.5 Å². The van der Waals surface area contributed by atoms with Crippen molar-refractivity contribution in [3.63, 3.8) is 0 Å². The number of aromatic nitrogens is 1. The lowest BCUT2D eigenvalue weighted by atomic mass is 10.1. The molecule has 1 heterocycles. The zero-order valence-electron chi connectivity index (χ0n) is 14.4. The van der Waals surface area contributed by atoms with Crippen molar-refractivity contribution >= 4 is 40.9 Å². The Balaban J connectivity index is 2.16. The minimum absolute atomic E-state index is 0.153. The Hall–Kier alpha value is -2.31. The van der Waals surface area contributed by atoms with Crippen LogP contribution in [-0.4, -0.2) is 35.9 Å². The molecule has 138 valence electrons. The van der Waals surface area contributed by atoms with Crippen LogP contribution in [0.3, 0.4) is 0 Å². The maximum atomic E-state index is 12.5. The Morgan fingerprint density at radius 1 is 0.962 bits per heavy atom. The van der Waals surface area contributed by atoms with Crippen molar-refractivity contribution < 1.29 is 23.9 Å². The van der Waals surface area contributed by atoms with Crippen molar-refractivity contribution in [3.8, 4) is 0 Å². The minimum atomic E-state index is -0.723. The first-order valence-corrected chi connectivity index (χ1v) is 8.53. The molecule has 0 amide bonds. The first kappa shape index (κ1) is 20.0. The average molecular weight is 398 g/mol. The monoisotopic (exact) mass is 397 g/mol. The van der Waals surface area contributed by atoms with Gasteiger partial charge >= 0.3 is 11.9 Å². The smallest absolute Gasteiger partial charge is 0.340 e. The van der Waals surface area contributed by atoms with Crippen molar-refractivity contribution in [3.05, 3.63) is 56.3 Å². The number of H-pyrrole nitrogens is 1. The number of halogens is 2. The highest BCUT2D eigenvalue weighted by molar-refractivity contribution is 6.42. The van der Waals surface area contributed by atoms with Crippen LogP contribution in [-0.2, 0) is 9.47 Å². The van der Waals surface area contributed by atoms with E-state index in [4.69, 9.17) is 32.7 Å². The van der Waals surface area contributed by atoms with Crippen LogP contribution in [0.4, 0.5) is 0 Å². The lowest BCUT2D eigenvalue weighted by Gasteiger charge is -2.07. The van der Waals surface area contributed by atoms with E-state index >= 15 is 0 Å². The molecular formula is C18H17Cl2NO5. The number of Topliss-reactive ketones (excluding diaryl/α,β-unsaturated/α-hetero) is 1. The fraction of sp³-hybridized carbons (Fsp3) is 0.278. The number of aryl methyl sites for hydroxylation is 2. The van der Waals surface area contributed by atoms with Gasteiger partial charge in [0.15, 0.2) is 6.61 Å². The third kappa shape index (κ3) is 4.26. The van der Waals surface area contributed by atoms with E-state index in [0.29, 0.717) is 16.4 Å². The predicted octanol–water partition coefficient (Wildman–Crippen LogP) is 4.15. The van der Waals surface area contributed by atoms with E-state index in [0.717, 1.165) is 0 Å². The molecule has 2 aromatic rings. The lowest BCUT2D eigenvalue weighted by Crippen LogP contribution is -2.18. The van der Waals surface area contributed by atoms with Crippen LogP contribution in [0.2, 0.25) is 10.0 Å². The standard InChI is InChI=1S/C18H17Cl2NO5/c1-4-25-18(24)16-10(3)21-9(2)15(16)14(22)8-26-17(23)11-5-6-12(19)13(20)7-11/h5-7,21H,4,8H2,1-3H3. The SMILES string of the molecule is CCOC(=O)c1c(C)[nH]c(C)c1C(=O)COC(=O)c1ccc(Cl)c(Cl)c1. The number of nitrogens with one attached hydrogen (secondary N) is 1. The zero-order chi connectivity index (χ0) is 19.4. The molecule has 26 heavy (non-hydrogen) atoms. The first-order valence-electron chi connectivity index (χ1n) is 7.77. The summed E-state index contributed by atoms with van der Waals surface area (Å²) in [5.41, 5.74) is 1.49. The predicted molar refractivity (Wildman–Crippen MR) is 97.3 cm³/mol. The lowest BCUT2D eigenvalue weighted by molar-refractivity contribution is 0.0472. The number of aromatic amines is 1. The largest absolute Gasteiger partial charge is 0.462 e. The molecule has 8 heteroatoms. The second-order valence-electron chi connectivity index (χ2n) is 5.47. The highest BCUT2D eigenvalue weighted by Crippen LogP contribution is 2.23. The molecule has 0 saturated carbocycles.